The summed E-state index contributed by atoms with van der Waals surface area (Å²) in [4.78, 5) is 23.4. The van der Waals surface area contributed by atoms with Crippen molar-refractivity contribution in [1.82, 2.24) is 0 Å². The first-order valence-electron chi connectivity index (χ1n) is 8.52. The number of benzene rings is 2. The molecule has 29 heavy (non-hydrogen) atoms. The molecule has 0 unspecified atom stereocenters. The summed E-state index contributed by atoms with van der Waals surface area (Å²) in [6.07, 6.45) is -4.44. The molecule has 0 spiro atoms. The highest BCUT2D eigenvalue weighted by molar-refractivity contribution is 8.00. The first kappa shape index (κ1) is 22.6. The molecule has 9 heteroatoms. The van der Waals surface area contributed by atoms with Crippen molar-refractivity contribution in [1.29, 1.82) is 0 Å². The number of carbonyl (C=O) groups is 2. The molecule has 0 amide bonds. The molecule has 0 radical (unpaired) electrons. The number of hydrogen-bond acceptors (Lipinski definition) is 6. The van der Waals surface area contributed by atoms with Crippen LogP contribution in [0, 0.1) is 6.92 Å². The fourth-order valence-corrected chi connectivity index (χ4v) is 2.99. The number of esters is 2. The van der Waals surface area contributed by atoms with E-state index in [2.05, 4.69) is 0 Å². The van der Waals surface area contributed by atoms with E-state index in [0.29, 0.717) is 5.75 Å². The van der Waals surface area contributed by atoms with E-state index in [1.54, 1.807) is 12.1 Å². The molecule has 2 rings (SSSR count). The average Bonchev–Trinajstić information content (AvgIpc) is 2.64. The standard InChI is InChI=1S/C20H19F3O5S/c1-13-11-17(7-8-18(13)27-10-9-26-14(2)24)29-12-19(25)28-16-5-3-15(4-6-16)20(21,22)23/h3-8,11H,9-10,12H2,1-2H3. The summed E-state index contributed by atoms with van der Waals surface area (Å²) in [7, 11) is 0. The van der Waals surface area contributed by atoms with Gasteiger partial charge in [-0.25, -0.2) is 0 Å². The van der Waals surface area contributed by atoms with Gasteiger partial charge < -0.3 is 14.2 Å². The van der Waals surface area contributed by atoms with Crippen molar-refractivity contribution in [2.75, 3.05) is 19.0 Å². The molecule has 0 atom stereocenters. The maximum absolute atomic E-state index is 12.5. The van der Waals surface area contributed by atoms with E-state index in [1.807, 2.05) is 13.0 Å². The van der Waals surface area contributed by atoms with Crippen LogP contribution in [0.25, 0.3) is 0 Å². The van der Waals surface area contributed by atoms with Crippen LogP contribution in [-0.2, 0) is 20.5 Å². The zero-order valence-corrected chi connectivity index (χ0v) is 16.6. The number of aryl methyl sites for hydroxylation is 1. The van der Waals surface area contributed by atoms with Gasteiger partial charge in [-0.1, -0.05) is 0 Å². The van der Waals surface area contributed by atoms with Crippen molar-refractivity contribution in [2.24, 2.45) is 0 Å². The first-order chi connectivity index (χ1) is 13.6. The lowest BCUT2D eigenvalue weighted by molar-refractivity contribution is -0.141. The molecule has 0 bridgehead atoms. The lowest BCUT2D eigenvalue weighted by atomic mass is 10.2. The van der Waals surface area contributed by atoms with E-state index >= 15 is 0 Å². The van der Waals surface area contributed by atoms with Gasteiger partial charge in [0, 0.05) is 11.8 Å². The van der Waals surface area contributed by atoms with Gasteiger partial charge in [0.15, 0.2) is 0 Å². The fraction of sp³-hybridized carbons (Fsp3) is 0.300. The summed E-state index contributed by atoms with van der Waals surface area (Å²) in [5, 5.41) is 0. The Labute approximate surface area is 170 Å². The van der Waals surface area contributed by atoms with Crippen molar-refractivity contribution in [3.63, 3.8) is 0 Å². The second-order valence-corrected chi connectivity index (χ2v) is 6.95. The Balaban J connectivity index is 1.82. The molecular weight excluding hydrogens is 409 g/mol. The molecule has 5 nitrogen and oxygen atoms in total. The zero-order chi connectivity index (χ0) is 21.4. The summed E-state index contributed by atoms with van der Waals surface area (Å²) < 4.78 is 53.0. The summed E-state index contributed by atoms with van der Waals surface area (Å²) in [6.45, 7) is 3.54. The number of halogens is 3. The minimum absolute atomic E-state index is 0.00683. The molecule has 0 aromatic heterocycles. The van der Waals surface area contributed by atoms with Crippen molar-refractivity contribution < 1.29 is 37.0 Å². The van der Waals surface area contributed by atoms with Gasteiger partial charge in [0.1, 0.15) is 24.7 Å². The molecule has 0 aliphatic rings. The third-order valence-corrected chi connectivity index (χ3v) is 4.53. The predicted molar refractivity (Wildman–Crippen MR) is 101 cm³/mol. The van der Waals surface area contributed by atoms with Gasteiger partial charge in [-0.05, 0) is 55.0 Å². The average molecular weight is 428 g/mol. The normalized spacial score (nSPS) is 11.1. The molecule has 156 valence electrons. The largest absolute Gasteiger partial charge is 0.490 e. The summed E-state index contributed by atoms with van der Waals surface area (Å²) in [6, 6.07) is 9.28. The maximum atomic E-state index is 12.5. The minimum atomic E-state index is -4.44. The van der Waals surface area contributed by atoms with Crippen LogP contribution < -0.4 is 9.47 Å². The van der Waals surface area contributed by atoms with Crippen LogP contribution in [0.1, 0.15) is 18.1 Å². The van der Waals surface area contributed by atoms with Crippen molar-refractivity contribution in [2.45, 2.75) is 24.9 Å². The Hall–Kier alpha value is -2.68. The Morgan fingerprint density at radius 2 is 1.72 bits per heavy atom. The van der Waals surface area contributed by atoms with E-state index in [1.165, 1.54) is 18.7 Å². The predicted octanol–water partition coefficient (Wildman–Crippen LogP) is 4.65. The second kappa shape index (κ2) is 10.2. The quantitative estimate of drug-likeness (QED) is 0.264. The van der Waals surface area contributed by atoms with Gasteiger partial charge >= 0.3 is 18.1 Å². The Bertz CT molecular complexity index is 850. The van der Waals surface area contributed by atoms with Crippen LogP contribution in [0.3, 0.4) is 0 Å². The van der Waals surface area contributed by atoms with Gasteiger partial charge in [-0.3, -0.25) is 9.59 Å². The van der Waals surface area contributed by atoms with Crippen LogP contribution in [0.5, 0.6) is 11.5 Å². The molecule has 0 heterocycles. The van der Waals surface area contributed by atoms with Crippen molar-refractivity contribution in [3.05, 3.63) is 53.6 Å². The zero-order valence-electron chi connectivity index (χ0n) is 15.7. The Morgan fingerprint density at radius 1 is 1.03 bits per heavy atom. The first-order valence-corrected chi connectivity index (χ1v) is 9.51. The Morgan fingerprint density at radius 3 is 2.31 bits per heavy atom. The van der Waals surface area contributed by atoms with E-state index in [0.717, 1.165) is 34.7 Å². The summed E-state index contributed by atoms with van der Waals surface area (Å²) in [5.41, 5.74) is 0.0336. The van der Waals surface area contributed by atoms with Crippen molar-refractivity contribution in [3.8, 4) is 11.5 Å². The second-order valence-electron chi connectivity index (χ2n) is 5.90. The monoisotopic (exact) mass is 428 g/mol. The van der Waals surface area contributed by atoms with E-state index in [4.69, 9.17) is 14.2 Å². The van der Waals surface area contributed by atoms with Gasteiger partial charge in [0.25, 0.3) is 0 Å². The van der Waals surface area contributed by atoms with Crippen LogP contribution >= 0.6 is 11.8 Å². The van der Waals surface area contributed by atoms with Gasteiger partial charge in [-0.2, -0.15) is 13.2 Å². The molecule has 0 aliphatic heterocycles. The van der Waals surface area contributed by atoms with Gasteiger partial charge in [0.05, 0.1) is 11.3 Å². The molecule has 0 saturated heterocycles. The lowest BCUT2D eigenvalue weighted by Crippen LogP contribution is -2.11. The van der Waals surface area contributed by atoms with Gasteiger partial charge in [-0.15, -0.1) is 11.8 Å². The smallest absolute Gasteiger partial charge is 0.416 e. The van der Waals surface area contributed by atoms with Crippen LogP contribution in [0.2, 0.25) is 0 Å². The van der Waals surface area contributed by atoms with Crippen LogP contribution in [-0.4, -0.2) is 30.9 Å². The third-order valence-electron chi connectivity index (χ3n) is 3.56. The molecule has 0 fully saturated rings. The molecule has 0 N–H and O–H groups in total. The molecular formula is C20H19F3O5S. The number of rotatable bonds is 8. The number of hydrogen-bond donors (Lipinski definition) is 0. The summed E-state index contributed by atoms with van der Waals surface area (Å²) in [5.74, 6) is -0.271. The van der Waals surface area contributed by atoms with E-state index in [9.17, 15) is 22.8 Å². The SMILES string of the molecule is CC(=O)OCCOc1ccc(SCC(=O)Oc2ccc(C(F)(F)F)cc2)cc1C. The molecule has 2 aromatic rings. The van der Waals surface area contributed by atoms with Gasteiger partial charge in [0.2, 0.25) is 0 Å². The van der Waals surface area contributed by atoms with E-state index in [-0.39, 0.29) is 30.7 Å². The number of carbonyl (C=O) groups excluding carboxylic acids is 2. The van der Waals surface area contributed by atoms with Crippen LogP contribution in [0.15, 0.2) is 47.4 Å². The van der Waals surface area contributed by atoms with Crippen molar-refractivity contribution >= 4 is 23.7 Å². The highest BCUT2D eigenvalue weighted by Gasteiger charge is 2.30. The minimum Gasteiger partial charge on any atom is -0.490 e. The summed E-state index contributed by atoms with van der Waals surface area (Å²) >= 11 is 1.23. The Kier molecular flexibility index (Phi) is 7.95. The third kappa shape index (κ3) is 7.69. The lowest BCUT2D eigenvalue weighted by Gasteiger charge is -2.11. The topological polar surface area (TPSA) is 61.8 Å². The molecule has 0 aliphatic carbocycles. The number of ether oxygens (including phenoxy) is 3. The van der Waals surface area contributed by atoms with Crippen LogP contribution in [0.4, 0.5) is 13.2 Å². The maximum Gasteiger partial charge on any atom is 0.416 e. The van der Waals surface area contributed by atoms with E-state index < -0.39 is 17.7 Å². The number of alkyl halides is 3. The highest BCUT2D eigenvalue weighted by atomic mass is 32.2. The number of thioether (sulfide) groups is 1. The molecule has 2 aromatic carbocycles. The fourth-order valence-electron chi connectivity index (χ4n) is 2.23. The molecule has 0 saturated carbocycles. The highest BCUT2D eigenvalue weighted by Crippen LogP contribution is 2.30.